The van der Waals surface area contributed by atoms with Crippen LogP contribution in [0.1, 0.15) is 40.8 Å². The second-order valence-electron chi connectivity index (χ2n) is 8.93. The van der Waals surface area contributed by atoms with Crippen LogP contribution in [0, 0.1) is 6.92 Å². The first-order valence-electron chi connectivity index (χ1n) is 12.6. The van der Waals surface area contributed by atoms with Gasteiger partial charge in [-0.2, -0.15) is 0 Å². The number of amides is 1. The highest BCUT2D eigenvalue weighted by Crippen LogP contribution is 2.44. The Balaban J connectivity index is 1.82. The molecule has 1 aliphatic rings. The zero-order valence-corrected chi connectivity index (χ0v) is 23.2. The van der Waals surface area contributed by atoms with E-state index in [1.54, 1.807) is 37.1 Å². The standard InChI is InChI=1S/C29H33N3O5S/c1-6-31(7-2)15-16-32-24(21-17-20(36-4)13-14-22(21)37-5)23(26(34)29(32)35)25(33)27-18(3)30-28(38-27)19-11-9-8-10-12-19/h8-14,17,24,34H,6-7,15-16H2,1-5H3. The van der Waals surface area contributed by atoms with Crippen LogP contribution in [0.4, 0.5) is 0 Å². The third-order valence-corrected chi connectivity index (χ3v) is 8.06. The fourth-order valence-corrected chi connectivity index (χ4v) is 5.74. The number of Topliss-reactive ketones (excluding diaryl/α,β-unsaturated/α-hetero) is 1. The van der Waals surface area contributed by atoms with Crippen LogP contribution in [0.25, 0.3) is 10.6 Å². The lowest BCUT2D eigenvalue weighted by Gasteiger charge is -2.30. The zero-order chi connectivity index (χ0) is 27.4. The average Bonchev–Trinajstić information content (AvgIpc) is 3.46. The maximum absolute atomic E-state index is 14.1. The molecule has 1 atom stereocenters. The number of aryl methyl sites for hydroxylation is 1. The summed E-state index contributed by atoms with van der Waals surface area (Å²) < 4.78 is 11.1. The third kappa shape index (κ3) is 5.16. The van der Waals surface area contributed by atoms with Crippen molar-refractivity contribution in [3.63, 3.8) is 0 Å². The summed E-state index contributed by atoms with van der Waals surface area (Å²) in [5.41, 5.74) is 2.03. The number of benzene rings is 2. The Bertz CT molecular complexity index is 1350. The predicted octanol–water partition coefficient (Wildman–Crippen LogP) is 5.06. The Labute approximate surface area is 227 Å². The topological polar surface area (TPSA) is 92.2 Å². The number of carbonyl (C=O) groups is 2. The van der Waals surface area contributed by atoms with E-state index in [9.17, 15) is 14.7 Å². The number of aromatic nitrogens is 1. The first-order valence-corrected chi connectivity index (χ1v) is 13.4. The van der Waals surface area contributed by atoms with Crippen molar-refractivity contribution in [2.45, 2.75) is 26.8 Å². The van der Waals surface area contributed by atoms with Crippen molar-refractivity contribution < 1.29 is 24.2 Å². The molecule has 1 aromatic heterocycles. The lowest BCUT2D eigenvalue weighted by atomic mass is 9.94. The van der Waals surface area contributed by atoms with Crippen molar-refractivity contribution in [3.8, 4) is 22.1 Å². The number of ketones is 1. The highest BCUT2D eigenvalue weighted by molar-refractivity contribution is 7.17. The van der Waals surface area contributed by atoms with E-state index in [4.69, 9.17) is 9.47 Å². The van der Waals surface area contributed by atoms with Crippen LogP contribution in [-0.2, 0) is 4.79 Å². The van der Waals surface area contributed by atoms with Crippen LogP contribution >= 0.6 is 11.3 Å². The summed E-state index contributed by atoms with van der Waals surface area (Å²) in [4.78, 5) is 36.3. The number of hydrogen-bond donors (Lipinski definition) is 1. The van der Waals surface area contributed by atoms with Crippen LogP contribution in [0.15, 0.2) is 59.9 Å². The summed E-state index contributed by atoms with van der Waals surface area (Å²) >= 11 is 1.25. The maximum Gasteiger partial charge on any atom is 0.290 e. The number of methoxy groups -OCH3 is 2. The van der Waals surface area contributed by atoms with Gasteiger partial charge in [-0.25, -0.2) is 4.98 Å². The highest BCUT2D eigenvalue weighted by atomic mass is 32.1. The Morgan fingerprint density at radius 3 is 2.45 bits per heavy atom. The van der Waals surface area contributed by atoms with Crippen molar-refractivity contribution in [1.29, 1.82) is 0 Å². The number of carbonyl (C=O) groups excluding carboxylic acids is 2. The fourth-order valence-electron chi connectivity index (χ4n) is 4.72. The van der Waals surface area contributed by atoms with E-state index in [-0.39, 0.29) is 5.57 Å². The van der Waals surface area contributed by atoms with Crippen LogP contribution in [0.2, 0.25) is 0 Å². The normalized spacial score (nSPS) is 15.5. The minimum atomic E-state index is -0.850. The van der Waals surface area contributed by atoms with Gasteiger partial charge in [0.25, 0.3) is 5.91 Å². The number of rotatable bonds is 11. The fraction of sp³-hybridized carbons (Fsp3) is 0.345. The zero-order valence-electron chi connectivity index (χ0n) is 22.4. The quantitative estimate of drug-likeness (QED) is 0.343. The van der Waals surface area contributed by atoms with Crippen LogP contribution < -0.4 is 9.47 Å². The lowest BCUT2D eigenvalue weighted by molar-refractivity contribution is -0.129. The van der Waals surface area contributed by atoms with E-state index in [1.807, 2.05) is 30.3 Å². The van der Waals surface area contributed by atoms with Crippen molar-refractivity contribution >= 4 is 23.0 Å². The number of aliphatic hydroxyl groups is 1. The molecule has 1 amide bonds. The van der Waals surface area contributed by atoms with Crippen molar-refractivity contribution in [3.05, 3.63) is 76.0 Å². The van der Waals surface area contributed by atoms with Crippen molar-refractivity contribution in [1.82, 2.24) is 14.8 Å². The minimum Gasteiger partial charge on any atom is -0.503 e. The monoisotopic (exact) mass is 535 g/mol. The van der Waals surface area contributed by atoms with Gasteiger partial charge in [0.2, 0.25) is 5.78 Å². The molecule has 0 saturated carbocycles. The molecule has 1 unspecified atom stereocenters. The predicted molar refractivity (Wildman–Crippen MR) is 148 cm³/mol. The molecular weight excluding hydrogens is 502 g/mol. The van der Waals surface area contributed by atoms with E-state index in [1.165, 1.54) is 18.4 Å². The van der Waals surface area contributed by atoms with Crippen LogP contribution in [0.5, 0.6) is 11.5 Å². The molecule has 2 aromatic carbocycles. The van der Waals surface area contributed by atoms with Gasteiger partial charge >= 0.3 is 0 Å². The Morgan fingerprint density at radius 2 is 1.82 bits per heavy atom. The van der Waals surface area contributed by atoms with Gasteiger partial charge in [-0.15, -0.1) is 11.3 Å². The summed E-state index contributed by atoms with van der Waals surface area (Å²) in [7, 11) is 3.08. The second kappa shape index (κ2) is 11.8. The lowest BCUT2D eigenvalue weighted by Crippen LogP contribution is -2.38. The molecule has 38 heavy (non-hydrogen) atoms. The molecular formula is C29H33N3O5S. The number of likely N-dealkylation sites (N-methyl/N-ethyl adjacent to an activating group) is 1. The van der Waals surface area contributed by atoms with Gasteiger partial charge in [0, 0.05) is 24.2 Å². The number of nitrogens with zero attached hydrogens (tertiary/aromatic N) is 3. The van der Waals surface area contributed by atoms with Gasteiger partial charge in [-0.3, -0.25) is 9.59 Å². The summed E-state index contributed by atoms with van der Waals surface area (Å²) in [5.74, 6) is -0.509. The van der Waals surface area contributed by atoms with E-state index in [2.05, 4.69) is 23.7 Å². The molecule has 0 aliphatic carbocycles. The number of aliphatic hydroxyl groups excluding tert-OH is 1. The molecule has 9 heteroatoms. The number of hydrogen-bond acceptors (Lipinski definition) is 8. The molecule has 200 valence electrons. The summed E-state index contributed by atoms with van der Waals surface area (Å²) in [6.45, 7) is 8.43. The molecule has 2 heterocycles. The van der Waals surface area contributed by atoms with Crippen molar-refractivity contribution in [2.24, 2.45) is 0 Å². The summed E-state index contributed by atoms with van der Waals surface area (Å²) in [6.07, 6.45) is 0. The van der Waals surface area contributed by atoms with E-state index in [0.717, 1.165) is 18.7 Å². The largest absolute Gasteiger partial charge is 0.503 e. The van der Waals surface area contributed by atoms with E-state index >= 15 is 0 Å². The van der Waals surface area contributed by atoms with Gasteiger partial charge in [-0.1, -0.05) is 44.2 Å². The van der Waals surface area contributed by atoms with Gasteiger partial charge in [0.15, 0.2) is 5.76 Å². The summed E-state index contributed by atoms with van der Waals surface area (Å²) in [5, 5.41) is 11.8. The van der Waals surface area contributed by atoms with Crippen molar-refractivity contribution in [2.75, 3.05) is 40.4 Å². The molecule has 0 bridgehead atoms. The molecule has 0 spiro atoms. The van der Waals surface area contributed by atoms with Gasteiger partial charge in [0.05, 0.1) is 36.4 Å². The Morgan fingerprint density at radius 1 is 1.11 bits per heavy atom. The van der Waals surface area contributed by atoms with Gasteiger partial charge in [-0.05, 0) is 38.2 Å². The molecule has 4 rings (SSSR count). The molecule has 3 aromatic rings. The first-order chi connectivity index (χ1) is 18.3. The van der Waals surface area contributed by atoms with Crippen LogP contribution in [0.3, 0.4) is 0 Å². The SMILES string of the molecule is CCN(CC)CCN1C(=O)C(O)=C(C(=O)c2sc(-c3ccccc3)nc2C)C1c1cc(OC)ccc1OC. The molecule has 0 radical (unpaired) electrons. The minimum absolute atomic E-state index is 0.0208. The second-order valence-corrected chi connectivity index (χ2v) is 9.93. The smallest absolute Gasteiger partial charge is 0.290 e. The van der Waals surface area contributed by atoms with Crippen LogP contribution in [-0.4, -0.2) is 72.0 Å². The van der Waals surface area contributed by atoms with Gasteiger partial charge in [0.1, 0.15) is 16.5 Å². The third-order valence-electron chi connectivity index (χ3n) is 6.85. The van der Waals surface area contributed by atoms with Gasteiger partial charge < -0.3 is 24.4 Å². The molecule has 0 saturated heterocycles. The summed E-state index contributed by atoms with van der Waals surface area (Å²) in [6, 6.07) is 14.0. The Kier molecular flexibility index (Phi) is 8.48. The average molecular weight is 536 g/mol. The molecule has 1 aliphatic heterocycles. The number of ether oxygens (including phenoxy) is 2. The highest BCUT2D eigenvalue weighted by Gasteiger charge is 2.45. The number of thiazole rings is 1. The van der Waals surface area contributed by atoms with E-state index < -0.39 is 23.5 Å². The molecule has 8 nitrogen and oxygen atoms in total. The molecule has 1 N–H and O–H groups in total. The maximum atomic E-state index is 14.1. The first kappa shape index (κ1) is 27.3. The molecule has 0 fully saturated rings. The van der Waals surface area contributed by atoms with E-state index in [0.29, 0.717) is 45.7 Å². The Hall–Kier alpha value is -3.69.